The third kappa shape index (κ3) is 6.46. The van der Waals surface area contributed by atoms with Crippen LogP contribution in [0.25, 0.3) is 6.08 Å². The number of ether oxygens (including phenoxy) is 4. The number of nitrogens with one attached hydrogen (secondary N) is 1. The highest BCUT2D eigenvalue weighted by Crippen LogP contribution is 2.45. The van der Waals surface area contributed by atoms with Crippen molar-refractivity contribution in [2.75, 3.05) is 33.3 Å². The Bertz CT molecular complexity index is 1120. The maximum absolute atomic E-state index is 12.7. The molecule has 3 rings (SSSR count). The van der Waals surface area contributed by atoms with E-state index in [4.69, 9.17) is 18.9 Å². The molecule has 1 unspecified atom stereocenters. The van der Waals surface area contributed by atoms with Gasteiger partial charge in [-0.15, -0.1) is 11.3 Å². The molecular weight excluding hydrogens is 482 g/mol. The van der Waals surface area contributed by atoms with Gasteiger partial charge in [-0.05, 0) is 48.6 Å². The number of carbonyl (C=O) groups excluding carboxylic acids is 3. The molecule has 1 N–H and O–H groups in total. The van der Waals surface area contributed by atoms with Gasteiger partial charge in [0.2, 0.25) is 5.91 Å². The average molecular weight is 516 g/mol. The Labute approximate surface area is 215 Å². The van der Waals surface area contributed by atoms with Crippen molar-refractivity contribution in [2.45, 2.75) is 51.4 Å². The molecule has 1 atom stereocenters. The summed E-state index contributed by atoms with van der Waals surface area (Å²) in [5.74, 6) is -0.716. The van der Waals surface area contributed by atoms with Crippen LogP contribution in [0, 0.1) is 0 Å². The third-order valence-corrected chi connectivity index (χ3v) is 7.19. The summed E-state index contributed by atoms with van der Waals surface area (Å²) >= 11 is 1.28. The quantitative estimate of drug-likeness (QED) is 0.231. The van der Waals surface area contributed by atoms with Crippen LogP contribution in [-0.2, 0) is 25.5 Å². The maximum atomic E-state index is 12.7. The first-order chi connectivity index (χ1) is 17.4. The van der Waals surface area contributed by atoms with Gasteiger partial charge in [0.05, 0.1) is 39.4 Å². The fourth-order valence-corrected chi connectivity index (χ4v) is 5.45. The number of hydrogen-bond acceptors (Lipinski definition) is 8. The van der Waals surface area contributed by atoms with E-state index in [-0.39, 0.29) is 5.56 Å². The lowest BCUT2D eigenvalue weighted by molar-refractivity contribution is -0.142. The number of methoxy groups -OCH3 is 3. The van der Waals surface area contributed by atoms with Crippen LogP contribution in [0.1, 0.15) is 71.3 Å². The third-order valence-electron chi connectivity index (χ3n) is 6.01. The zero-order valence-corrected chi connectivity index (χ0v) is 22.0. The van der Waals surface area contributed by atoms with Crippen LogP contribution >= 0.6 is 11.3 Å². The Balaban J connectivity index is 1.71. The molecule has 0 fully saturated rings. The van der Waals surface area contributed by atoms with Gasteiger partial charge < -0.3 is 24.3 Å². The number of hydrogen-bond donors (Lipinski definition) is 1. The second-order valence-corrected chi connectivity index (χ2v) is 9.50. The minimum absolute atomic E-state index is 0.217. The number of anilines is 1. The summed E-state index contributed by atoms with van der Waals surface area (Å²) in [6.07, 6.45) is 8.69. The van der Waals surface area contributed by atoms with E-state index in [1.165, 1.54) is 44.5 Å². The number of thiophene rings is 1. The summed E-state index contributed by atoms with van der Waals surface area (Å²) in [5.41, 5.74) is 1.57. The molecule has 2 aromatic rings. The van der Waals surface area contributed by atoms with E-state index in [0.29, 0.717) is 41.5 Å². The van der Waals surface area contributed by atoms with E-state index in [1.54, 1.807) is 19.3 Å². The number of rotatable bonds is 12. The lowest BCUT2D eigenvalue weighted by Crippen LogP contribution is -2.16. The predicted molar refractivity (Wildman–Crippen MR) is 139 cm³/mol. The summed E-state index contributed by atoms with van der Waals surface area (Å²) in [6, 6.07) is 5.46. The summed E-state index contributed by atoms with van der Waals surface area (Å²) < 4.78 is 21.1. The summed E-state index contributed by atoms with van der Waals surface area (Å²) in [7, 11) is 4.16. The van der Waals surface area contributed by atoms with Crippen molar-refractivity contribution in [3.8, 4) is 11.5 Å². The lowest BCUT2D eigenvalue weighted by atomic mass is 9.99. The van der Waals surface area contributed by atoms with E-state index >= 15 is 0 Å². The molecule has 0 bridgehead atoms. The predicted octanol–water partition coefficient (Wildman–Crippen LogP) is 5.36. The highest BCUT2D eigenvalue weighted by molar-refractivity contribution is 7.17. The Kier molecular flexibility index (Phi) is 9.93. The molecule has 0 saturated heterocycles. The van der Waals surface area contributed by atoms with Gasteiger partial charge in [0.1, 0.15) is 5.00 Å². The summed E-state index contributed by atoms with van der Waals surface area (Å²) in [5, 5.41) is 3.13. The van der Waals surface area contributed by atoms with E-state index < -0.39 is 23.8 Å². The van der Waals surface area contributed by atoms with Gasteiger partial charge in [-0.3, -0.25) is 9.59 Å². The van der Waals surface area contributed by atoms with Gasteiger partial charge in [-0.1, -0.05) is 32.3 Å². The van der Waals surface area contributed by atoms with Crippen molar-refractivity contribution in [1.29, 1.82) is 0 Å². The number of aryl methyl sites for hydroxylation is 1. The van der Waals surface area contributed by atoms with Gasteiger partial charge in [0.25, 0.3) is 0 Å². The highest BCUT2D eigenvalue weighted by Gasteiger charge is 2.38. The number of benzene rings is 1. The first kappa shape index (κ1) is 27.3. The number of amides is 1. The van der Waals surface area contributed by atoms with E-state index in [9.17, 15) is 14.4 Å². The molecule has 1 aromatic heterocycles. The molecule has 0 aliphatic heterocycles. The second-order valence-electron chi connectivity index (χ2n) is 8.39. The molecule has 1 heterocycles. The van der Waals surface area contributed by atoms with E-state index in [0.717, 1.165) is 23.3 Å². The number of fused-ring (bicyclic) bond motifs is 1. The van der Waals surface area contributed by atoms with Crippen molar-refractivity contribution in [3.63, 3.8) is 0 Å². The normalized spacial score (nSPS) is 14.4. The molecule has 0 saturated carbocycles. The number of carbonyl (C=O) groups is 3. The van der Waals surface area contributed by atoms with Crippen molar-refractivity contribution in [2.24, 2.45) is 0 Å². The average Bonchev–Trinajstić information content (AvgIpc) is 3.45. The molecule has 36 heavy (non-hydrogen) atoms. The van der Waals surface area contributed by atoms with Crippen LogP contribution in [0.2, 0.25) is 0 Å². The Morgan fingerprint density at radius 1 is 1.08 bits per heavy atom. The van der Waals surface area contributed by atoms with Gasteiger partial charge in [0.15, 0.2) is 11.5 Å². The SMILES string of the molecule is CCCCCCOc1ccc(C=CC(=O)Nc2sc3c(c2C(=O)OC)C(C(=O)OC)CC3)cc1OC. The molecule has 8 nitrogen and oxygen atoms in total. The molecule has 1 amide bonds. The van der Waals surface area contributed by atoms with Crippen LogP contribution in [0.4, 0.5) is 5.00 Å². The fourth-order valence-electron chi connectivity index (χ4n) is 4.18. The van der Waals surface area contributed by atoms with Crippen LogP contribution in [0.15, 0.2) is 24.3 Å². The van der Waals surface area contributed by atoms with E-state index in [2.05, 4.69) is 12.2 Å². The molecule has 1 aliphatic rings. The first-order valence-electron chi connectivity index (χ1n) is 12.0. The lowest BCUT2D eigenvalue weighted by Gasteiger charge is -2.11. The Morgan fingerprint density at radius 2 is 1.89 bits per heavy atom. The van der Waals surface area contributed by atoms with Crippen molar-refractivity contribution in [1.82, 2.24) is 0 Å². The largest absolute Gasteiger partial charge is 0.493 e. The first-order valence-corrected chi connectivity index (χ1v) is 12.9. The Morgan fingerprint density at radius 3 is 2.58 bits per heavy atom. The van der Waals surface area contributed by atoms with Crippen LogP contribution in [0.5, 0.6) is 11.5 Å². The Hall–Kier alpha value is -3.33. The van der Waals surface area contributed by atoms with Gasteiger partial charge in [-0.2, -0.15) is 0 Å². The minimum atomic E-state index is -0.599. The monoisotopic (exact) mass is 515 g/mol. The van der Waals surface area contributed by atoms with Crippen molar-refractivity contribution < 1.29 is 33.3 Å². The van der Waals surface area contributed by atoms with Crippen LogP contribution in [0.3, 0.4) is 0 Å². The molecule has 0 radical (unpaired) electrons. The van der Waals surface area contributed by atoms with Crippen molar-refractivity contribution >= 4 is 40.3 Å². The van der Waals surface area contributed by atoms with Gasteiger partial charge in [0, 0.05) is 11.0 Å². The minimum Gasteiger partial charge on any atom is -0.493 e. The summed E-state index contributed by atoms with van der Waals surface area (Å²) in [4.78, 5) is 38.3. The van der Waals surface area contributed by atoms with Crippen LogP contribution < -0.4 is 14.8 Å². The maximum Gasteiger partial charge on any atom is 0.341 e. The summed E-state index contributed by atoms with van der Waals surface area (Å²) in [6.45, 7) is 2.79. The molecule has 1 aromatic carbocycles. The van der Waals surface area contributed by atoms with Crippen LogP contribution in [-0.4, -0.2) is 45.8 Å². The molecule has 0 spiro atoms. The zero-order chi connectivity index (χ0) is 26.1. The van der Waals surface area contributed by atoms with E-state index in [1.807, 2.05) is 12.1 Å². The van der Waals surface area contributed by atoms with Gasteiger partial charge in [-0.25, -0.2) is 4.79 Å². The standard InChI is InChI=1S/C27H33NO7S/c1-5-6-7-8-15-35-19-12-9-17(16-20(19)32-2)10-14-22(29)28-25-24(27(31)34-4)23-18(26(30)33-3)11-13-21(23)36-25/h9-10,12,14,16,18H,5-8,11,13,15H2,1-4H3,(H,28,29). The van der Waals surface area contributed by atoms with Gasteiger partial charge >= 0.3 is 11.9 Å². The highest BCUT2D eigenvalue weighted by atomic mass is 32.1. The second kappa shape index (κ2) is 13.1. The zero-order valence-electron chi connectivity index (χ0n) is 21.2. The molecule has 1 aliphatic carbocycles. The topological polar surface area (TPSA) is 100 Å². The molecule has 194 valence electrons. The number of esters is 2. The number of unbranched alkanes of at least 4 members (excludes halogenated alkanes) is 3. The van der Waals surface area contributed by atoms with Crippen molar-refractivity contribution in [3.05, 3.63) is 45.8 Å². The molecular formula is C27H33NO7S. The smallest absolute Gasteiger partial charge is 0.341 e. The fraction of sp³-hybridized carbons (Fsp3) is 0.444. The molecule has 9 heteroatoms.